The van der Waals surface area contributed by atoms with Crippen molar-refractivity contribution in [3.8, 4) is 0 Å². The number of urea groups is 1. The van der Waals surface area contributed by atoms with Crippen LogP contribution in [0, 0.1) is 11.8 Å². The van der Waals surface area contributed by atoms with Crippen molar-refractivity contribution in [3.05, 3.63) is 0 Å². The molecule has 17 heavy (non-hydrogen) atoms. The van der Waals surface area contributed by atoms with Gasteiger partial charge in [-0.3, -0.25) is 0 Å². The molecule has 100 valence electrons. The first kappa shape index (κ1) is 14.1. The third-order valence-electron chi connectivity index (χ3n) is 3.20. The highest BCUT2D eigenvalue weighted by Crippen LogP contribution is 2.28. The number of amides is 2. The topological polar surface area (TPSA) is 41.1 Å². The summed E-state index contributed by atoms with van der Waals surface area (Å²) in [5.41, 5.74) is 0. The maximum atomic E-state index is 11.9. The molecule has 2 amide bonds. The van der Waals surface area contributed by atoms with Crippen molar-refractivity contribution < 1.29 is 18.0 Å². The van der Waals surface area contributed by atoms with Gasteiger partial charge < -0.3 is 10.6 Å². The van der Waals surface area contributed by atoms with E-state index in [0.29, 0.717) is 11.8 Å². The predicted molar refractivity (Wildman–Crippen MR) is 58.6 cm³/mol. The Bertz CT molecular complexity index is 268. The lowest BCUT2D eigenvalue weighted by Crippen LogP contribution is -2.48. The van der Waals surface area contributed by atoms with Crippen molar-refractivity contribution in [2.24, 2.45) is 11.8 Å². The standard InChI is InChI=1S/C11H19F3N2O/c1-7-3-4-9(8(2)5-7)16-10(17)15-6-11(12,13)14/h7-9H,3-6H2,1-2H3,(H2,15,16,17). The summed E-state index contributed by atoms with van der Waals surface area (Å²) in [6.07, 6.45) is -1.51. The molecule has 2 N–H and O–H groups in total. The lowest BCUT2D eigenvalue weighted by atomic mass is 9.80. The highest BCUT2D eigenvalue weighted by atomic mass is 19.4. The van der Waals surface area contributed by atoms with Crippen molar-refractivity contribution in [1.82, 2.24) is 10.6 Å². The fraction of sp³-hybridized carbons (Fsp3) is 0.909. The Labute approximate surface area is 99.1 Å². The smallest absolute Gasteiger partial charge is 0.335 e. The fourth-order valence-corrected chi connectivity index (χ4v) is 2.28. The van der Waals surface area contributed by atoms with Crippen LogP contribution in [0.3, 0.4) is 0 Å². The Balaban J connectivity index is 2.31. The zero-order chi connectivity index (χ0) is 13.1. The van der Waals surface area contributed by atoms with Gasteiger partial charge >= 0.3 is 12.2 Å². The van der Waals surface area contributed by atoms with Gasteiger partial charge in [-0.05, 0) is 31.1 Å². The molecule has 0 bridgehead atoms. The number of carbonyl (C=O) groups is 1. The minimum atomic E-state index is -4.36. The third kappa shape index (κ3) is 5.28. The molecule has 0 aromatic carbocycles. The highest BCUT2D eigenvalue weighted by molar-refractivity contribution is 5.74. The summed E-state index contributed by atoms with van der Waals surface area (Å²) >= 11 is 0. The van der Waals surface area contributed by atoms with Gasteiger partial charge in [0.15, 0.2) is 0 Å². The second-order valence-corrected chi connectivity index (χ2v) is 4.94. The van der Waals surface area contributed by atoms with E-state index in [1.54, 1.807) is 0 Å². The number of alkyl halides is 3. The van der Waals surface area contributed by atoms with Crippen LogP contribution in [0.25, 0.3) is 0 Å². The number of hydrogen-bond donors (Lipinski definition) is 2. The Hall–Kier alpha value is -0.940. The van der Waals surface area contributed by atoms with Crippen molar-refractivity contribution in [3.63, 3.8) is 0 Å². The van der Waals surface area contributed by atoms with Crippen molar-refractivity contribution >= 4 is 6.03 Å². The molecule has 0 heterocycles. The van der Waals surface area contributed by atoms with Crippen LogP contribution in [0.5, 0.6) is 0 Å². The minimum Gasteiger partial charge on any atom is -0.335 e. The van der Waals surface area contributed by atoms with Crippen LogP contribution < -0.4 is 10.6 Å². The van der Waals surface area contributed by atoms with E-state index in [1.165, 1.54) is 0 Å². The molecule has 1 rings (SSSR count). The lowest BCUT2D eigenvalue weighted by Gasteiger charge is -2.33. The van der Waals surface area contributed by atoms with Gasteiger partial charge in [-0.2, -0.15) is 13.2 Å². The van der Waals surface area contributed by atoms with E-state index < -0.39 is 18.8 Å². The van der Waals surface area contributed by atoms with Crippen molar-refractivity contribution in [2.45, 2.75) is 45.3 Å². The average molecular weight is 252 g/mol. The number of hydrogen-bond acceptors (Lipinski definition) is 1. The van der Waals surface area contributed by atoms with Crippen LogP contribution in [0.1, 0.15) is 33.1 Å². The number of carbonyl (C=O) groups excluding carboxylic acids is 1. The fourth-order valence-electron chi connectivity index (χ4n) is 2.28. The molecular weight excluding hydrogens is 233 g/mol. The molecule has 6 heteroatoms. The van der Waals surface area contributed by atoms with Crippen LogP contribution in [0.4, 0.5) is 18.0 Å². The van der Waals surface area contributed by atoms with E-state index in [0.717, 1.165) is 19.3 Å². The maximum Gasteiger partial charge on any atom is 0.405 e. The molecule has 3 nitrogen and oxygen atoms in total. The van der Waals surface area contributed by atoms with Crippen molar-refractivity contribution in [1.29, 1.82) is 0 Å². The van der Waals surface area contributed by atoms with Crippen LogP contribution >= 0.6 is 0 Å². The first-order chi connectivity index (χ1) is 7.78. The summed E-state index contributed by atoms with van der Waals surface area (Å²) in [6, 6.07) is -0.742. The monoisotopic (exact) mass is 252 g/mol. The van der Waals surface area contributed by atoms with Crippen molar-refractivity contribution in [2.75, 3.05) is 6.54 Å². The van der Waals surface area contributed by atoms with E-state index in [1.807, 2.05) is 12.2 Å². The Morgan fingerprint density at radius 2 is 1.94 bits per heavy atom. The first-order valence-electron chi connectivity index (χ1n) is 5.89. The van der Waals surface area contributed by atoms with Crippen LogP contribution in [0.15, 0.2) is 0 Å². The molecule has 0 saturated heterocycles. The van der Waals surface area contributed by atoms with E-state index in [9.17, 15) is 18.0 Å². The molecular formula is C11H19F3N2O. The Kier molecular flexibility index (Phi) is 4.65. The van der Waals surface area contributed by atoms with Gasteiger partial charge in [-0.1, -0.05) is 13.8 Å². The summed E-state index contributed by atoms with van der Waals surface area (Å²) in [5, 5.41) is 4.44. The second kappa shape index (κ2) is 5.60. The number of nitrogens with one attached hydrogen (secondary N) is 2. The molecule has 0 aromatic rings. The largest absolute Gasteiger partial charge is 0.405 e. The van der Waals surface area contributed by atoms with Gasteiger partial charge in [0.2, 0.25) is 0 Å². The summed E-state index contributed by atoms with van der Waals surface area (Å²) < 4.78 is 35.6. The molecule has 0 aromatic heterocycles. The SMILES string of the molecule is CC1CCC(NC(=O)NCC(F)(F)F)C(C)C1. The van der Waals surface area contributed by atoms with E-state index in [4.69, 9.17) is 0 Å². The molecule has 1 aliphatic rings. The Morgan fingerprint density at radius 3 is 2.47 bits per heavy atom. The molecule has 0 spiro atoms. The van der Waals surface area contributed by atoms with E-state index >= 15 is 0 Å². The highest BCUT2D eigenvalue weighted by Gasteiger charge is 2.30. The third-order valence-corrected chi connectivity index (χ3v) is 3.20. The van der Waals surface area contributed by atoms with Gasteiger partial charge in [0.1, 0.15) is 6.54 Å². The average Bonchev–Trinajstić information content (AvgIpc) is 2.18. The van der Waals surface area contributed by atoms with E-state index in [-0.39, 0.29) is 6.04 Å². The van der Waals surface area contributed by atoms with Gasteiger partial charge in [-0.25, -0.2) is 4.79 Å². The lowest BCUT2D eigenvalue weighted by molar-refractivity contribution is -0.122. The molecule has 1 aliphatic carbocycles. The predicted octanol–water partition coefficient (Wildman–Crippen LogP) is 2.67. The molecule has 0 aliphatic heterocycles. The second-order valence-electron chi connectivity index (χ2n) is 4.94. The molecule has 0 radical (unpaired) electrons. The van der Waals surface area contributed by atoms with E-state index in [2.05, 4.69) is 12.2 Å². The number of halogens is 3. The van der Waals surface area contributed by atoms with Crippen LogP contribution in [-0.2, 0) is 0 Å². The van der Waals surface area contributed by atoms with Crippen LogP contribution in [-0.4, -0.2) is 24.8 Å². The van der Waals surface area contributed by atoms with Gasteiger partial charge in [0, 0.05) is 6.04 Å². The van der Waals surface area contributed by atoms with Gasteiger partial charge in [0.05, 0.1) is 0 Å². The van der Waals surface area contributed by atoms with Crippen LogP contribution in [0.2, 0.25) is 0 Å². The number of rotatable bonds is 2. The molecule has 1 fully saturated rings. The minimum absolute atomic E-state index is 0.0144. The summed E-state index contributed by atoms with van der Waals surface area (Å²) in [4.78, 5) is 11.3. The quantitative estimate of drug-likeness (QED) is 0.779. The van der Waals surface area contributed by atoms with Gasteiger partial charge in [0.25, 0.3) is 0 Å². The molecule has 1 saturated carbocycles. The molecule has 3 atom stereocenters. The maximum absolute atomic E-state index is 11.9. The summed E-state index contributed by atoms with van der Waals surface area (Å²) in [5.74, 6) is 0.941. The first-order valence-corrected chi connectivity index (χ1v) is 5.89. The zero-order valence-electron chi connectivity index (χ0n) is 10.1. The normalized spacial score (nSPS) is 29.8. The zero-order valence-corrected chi connectivity index (χ0v) is 10.1. The molecule has 3 unspecified atom stereocenters. The van der Waals surface area contributed by atoms with Gasteiger partial charge in [-0.15, -0.1) is 0 Å². The summed E-state index contributed by atoms with van der Waals surface area (Å²) in [7, 11) is 0. The summed E-state index contributed by atoms with van der Waals surface area (Å²) in [6.45, 7) is 2.89. The Morgan fingerprint density at radius 1 is 1.29 bits per heavy atom.